The molecule has 0 saturated carbocycles. The first-order valence-electron chi connectivity index (χ1n) is 12.6. The van der Waals surface area contributed by atoms with Crippen LogP contribution in [0.25, 0.3) is 10.8 Å². The molecule has 11 heteroatoms. The molecule has 3 atom stereocenters. The van der Waals surface area contributed by atoms with Gasteiger partial charge in [0, 0.05) is 24.0 Å². The van der Waals surface area contributed by atoms with E-state index in [1.54, 1.807) is 60.7 Å². The van der Waals surface area contributed by atoms with Gasteiger partial charge in [0.1, 0.15) is 0 Å². The van der Waals surface area contributed by atoms with E-state index in [0.717, 1.165) is 15.1 Å². The average molecular weight is 579 g/mol. The van der Waals surface area contributed by atoms with Crippen LogP contribution in [0.15, 0.2) is 91.0 Å². The van der Waals surface area contributed by atoms with Gasteiger partial charge in [-0.2, -0.15) is 0 Å². The quantitative estimate of drug-likeness (QED) is 0.307. The predicted molar refractivity (Wildman–Crippen MR) is 155 cm³/mol. The molecule has 0 aliphatic carbocycles. The summed E-state index contributed by atoms with van der Waals surface area (Å²) in [6.45, 7) is -0.256. The third-order valence-electron chi connectivity index (χ3n) is 7.12. The first-order chi connectivity index (χ1) is 19.2. The summed E-state index contributed by atoms with van der Waals surface area (Å²) in [5.74, 6) is -0.856. The van der Waals surface area contributed by atoms with E-state index in [0.29, 0.717) is 28.1 Å². The van der Waals surface area contributed by atoms with Crippen LogP contribution in [0, 0.1) is 0 Å². The van der Waals surface area contributed by atoms with E-state index >= 15 is 0 Å². The first-order valence-corrected chi connectivity index (χ1v) is 15.2. The summed E-state index contributed by atoms with van der Waals surface area (Å²) in [6.07, 6.45) is -0.249. The highest BCUT2D eigenvalue weighted by Gasteiger charge is 2.35. The fourth-order valence-electron chi connectivity index (χ4n) is 5.06. The van der Waals surface area contributed by atoms with Crippen LogP contribution in [0.5, 0.6) is 0 Å². The molecule has 0 bridgehead atoms. The van der Waals surface area contributed by atoms with Crippen LogP contribution in [0.3, 0.4) is 0 Å². The van der Waals surface area contributed by atoms with Gasteiger partial charge in [-0.3, -0.25) is 17.6 Å². The van der Waals surface area contributed by atoms with Gasteiger partial charge in [0.25, 0.3) is 0 Å². The van der Waals surface area contributed by atoms with Crippen molar-refractivity contribution in [3.05, 3.63) is 108 Å². The largest absolute Gasteiger partial charge is 0.755 e. The molecule has 4 aromatic carbocycles. The van der Waals surface area contributed by atoms with Crippen LogP contribution >= 0.6 is 0 Å². The number of benzene rings is 4. The Morgan fingerprint density at radius 2 is 1.75 bits per heavy atom. The second-order valence-corrected chi connectivity index (χ2v) is 12.5. The maximum atomic E-state index is 13.5. The molecule has 208 valence electrons. The molecule has 1 aliphatic heterocycles. The first kappa shape index (κ1) is 27.8. The SMILES string of the molecule is CN1c2cc(CO)ccc2C(NC(=O)CC(c2ccccc2)N(c2ccc3ccccc3c2)S(=O)[O-])CS1(=O)=O. The molecule has 1 aliphatic rings. The number of nitrogens with zero attached hydrogens (tertiary/aromatic N) is 2. The van der Waals surface area contributed by atoms with Crippen molar-refractivity contribution in [2.45, 2.75) is 25.1 Å². The Balaban J connectivity index is 1.48. The van der Waals surface area contributed by atoms with Gasteiger partial charge >= 0.3 is 0 Å². The number of rotatable bonds is 8. The van der Waals surface area contributed by atoms with E-state index in [2.05, 4.69) is 5.32 Å². The molecule has 0 spiro atoms. The zero-order valence-electron chi connectivity index (χ0n) is 21.6. The van der Waals surface area contributed by atoms with E-state index in [4.69, 9.17) is 0 Å². The van der Waals surface area contributed by atoms with E-state index in [1.165, 1.54) is 11.4 Å². The lowest BCUT2D eigenvalue weighted by molar-refractivity contribution is -0.122. The Bertz CT molecular complexity index is 1680. The molecule has 1 amide bonds. The summed E-state index contributed by atoms with van der Waals surface area (Å²) < 4.78 is 53.4. The summed E-state index contributed by atoms with van der Waals surface area (Å²) in [5, 5.41) is 14.2. The molecule has 0 fully saturated rings. The van der Waals surface area contributed by atoms with Crippen molar-refractivity contribution >= 4 is 49.3 Å². The molecule has 0 saturated heterocycles. The van der Waals surface area contributed by atoms with Crippen molar-refractivity contribution in [1.29, 1.82) is 0 Å². The molecule has 0 radical (unpaired) electrons. The van der Waals surface area contributed by atoms with Gasteiger partial charge in [0.05, 0.1) is 36.6 Å². The fourth-order valence-corrected chi connectivity index (χ4v) is 7.12. The minimum Gasteiger partial charge on any atom is -0.755 e. The number of aliphatic hydroxyl groups excluding tert-OH is 1. The number of hydrogen-bond acceptors (Lipinski definition) is 6. The smallest absolute Gasteiger partial charge is 0.237 e. The number of carbonyl (C=O) groups excluding carboxylic acids is 1. The van der Waals surface area contributed by atoms with E-state index in [9.17, 15) is 27.1 Å². The minimum absolute atomic E-state index is 0.249. The van der Waals surface area contributed by atoms with Gasteiger partial charge in [-0.15, -0.1) is 0 Å². The lowest BCUT2D eigenvalue weighted by atomic mass is 10.0. The summed E-state index contributed by atoms with van der Waals surface area (Å²) in [4.78, 5) is 13.5. The summed E-state index contributed by atoms with van der Waals surface area (Å²) in [5.41, 5.74) is 2.52. The number of aliphatic hydroxyl groups is 1. The zero-order valence-corrected chi connectivity index (χ0v) is 23.3. The van der Waals surface area contributed by atoms with E-state index in [1.807, 2.05) is 30.3 Å². The number of fused-ring (bicyclic) bond motifs is 2. The highest BCUT2D eigenvalue weighted by Crippen LogP contribution is 2.37. The third kappa shape index (κ3) is 5.59. The van der Waals surface area contributed by atoms with Crippen LogP contribution in [0.4, 0.5) is 11.4 Å². The van der Waals surface area contributed by atoms with E-state index in [-0.39, 0.29) is 18.8 Å². The number of nitrogens with one attached hydrogen (secondary N) is 1. The van der Waals surface area contributed by atoms with Gasteiger partial charge in [0.15, 0.2) is 0 Å². The second kappa shape index (κ2) is 11.4. The molecular formula is C29H28N3O6S2-. The Labute approximate surface area is 235 Å². The molecule has 3 unspecified atom stereocenters. The monoisotopic (exact) mass is 578 g/mol. The molecule has 4 aromatic rings. The molecule has 40 heavy (non-hydrogen) atoms. The molecule has 0 aromatic heterocycles. The van der Waals surface area contributed by atoms with Crippen LogP contribution in [-0.4, -0.2) is 41.0 Å². The topological polar surface area (TPSA) is 130 Å². The molecule has 2 N–H and O–H groups in total. The number of sulfonamides is 1. The average Bonchev–Trinajstić information content (AvgIpc) is 2.95. The van der Waals surface area contributed by atoms with Crippen LogP contribution in [0.1, 0.15) is 35.2 Å². The lowest BCUT2D eigenvalue weighted by Gasteiger charge is -2.36. The van der Waals surface area contributed by atoms with Gasteiger partial charge < -0.3 is 15.0 Å². The maximum absolute atomic E-state index is 13.5. The van der Waals surface area contributed by atoms with Crippen molar-refractivity contribution in [2.75, 3.05) is 21.4 Å². The fraction of sp³-hybridized carbons (Fsp3) is 0.207. The third-order valence-corrected chi connectivity index (χ3v) is 9.69. The molecule has 5 rings (SSSR count). The van der Waals surface area contributed by atoms with Crippen LogP contribution in [0.2, 0.25) is 0 Å². The Kier molecular flexibility index (Phi) is 7.90. The number of amides is 1. The van der Waals surface area contributed by atoms with Crippen molar-refractivity contribution in [1.82, 2.24) is 5.32 Å². The van der Waals surface area contributed by atoms with Crippen molar-refractivity contribution in [2.24, 2.45) is 0 Å². The maximum Gasteiger partial charge on any atom is 0.237 e. The number of anilines is 2. The van der Waals surface area contributed by atoms with Crippen molar-refractivity contribution < 1.29 is 27.1 Å². The number of hydrogen-bond donors (Lipinski definition) is 2. The van der Waals surface area contributed by atoms with Crippen LogP contribution < -0.4 is 13.9 Å². The molecule has 1 heterocycles. The standard InChI is InChI=1S/C29H29N3O6S2/c1-31-28-15-20(18-33)11-14-25(28)26(19-40(31,37)38)30-29(34)17-27(22-8-3-2-4-9-22)32(39(35)36)24-13-12-21-7-5-6-10-23(21)16-24/h2-16,26-27,33H,17-19H2,1H3,(H,30,34)(H,35,36)/p-1. The zero-order chi connectivity index (χ0) is 28.4. The highest BCUT2D eigenvalue weighted by atomic mass is 32.2. The Hall–Kier alpha value is -3.77. The van der Waals surface area contributed by atoms with Gasteiger partial charge in [-0.25, -0.2) is 8.42 Å². The summed E-state index contributed by atoms with van der Waals surface area (Å²) in [6, 6.07) is 24.9. The van der Waals surface area contributed by atoms with Gasteiger partial charge in [0.2, 0.25) is 15.9 Å². The number of carbonyl (C=O) groups is 1. The van der Waals surface area contributed by atoms with Gasteiger partial charge in [-0.1, -0.05) is 72.8 Å². The Morgan fingerprint density at radius 1 is 1.05 bits per heavy atom. The summed E-state index contributed by atoms with van der Waals surface area (Å²) >= 11 is -2.73. The predicted octanol–water partition coefficient (Wildman–Crippen LogP) is 3.70. The lowest BCUT2D eigenvalue weighted by Crippen LogP contribution is -2.44. The summed E-state index contributed by atoms with van der Waals surface area (Å²) in [7, 11) is -2.31. The van der Waals surface area contributed by atoms with Crippen molar-refractivity contribution in [3.63, 3.8) is 0 Å². The highest BCUT2D eigenvalue weighted by molar-refractivity contribution is 7.92. The van der Waals surface area contributed by atoms with Gasteiger partial charge in [-0.05, 0) is 45.7 Å². The second-order valence-electron chi connectivity index (χ2n) is 9.62. The molecule has 9 nitrogen and oxygen atoms in total. The van der Waals surface area contributed by atoms with E-state index < -0.39 is 39.3 Å². The normalized spacial score (nSPS) is 17.6. The molecular weight excluding hydrogens is 550 g/mol. The Morgan fingerprint density at radius 3 is 2.45 bits per heavy atom. The van der Waals surface area contributed by atoms with Crippen molar-refractivity contribution in [3.8, 4) is 0 Å². The minimum atomic E-state index is -3.74. The van der Waals surface area contributed by atoms with Crippen LogP contribution in [-0.2, 0) is 32.7 Å².